The average molecular weight is 309 g/mol. The minimum absolute atomic E-state index is 0.353. The Morgan fingerprint density at radius 3 is 2.50 bits per heavy atom. The van der Waals surface area contributed by atoms with Crippen LogP contribution in [0.4, 0.5) is 0 Å². The van der Waals surface area contributed by atoms with Crippen LogP contribution in [0.1, 0.15) is 64.7 Å². The Morgan fingerprint density at radius 2 is 1.82 bits per heavy atom. The van der Waals surface area contributed by atoms with Crippen LogP contribution >= 0.6 is 0 Å². The molecule has 1 heterocycles. The summed E-state index contributed by atoms with van der Waals surface area (Å²) < 4.78 is 0. The van der Waals surface area contributed by atoms with Crippen molar-refractivity contribution in [3.63, 3.8) is 0 Å². The van der Waals surface area contributed by atoms with Crippen molar-refractivity contribution in [2.24, 2.45) is 17.8 Å². The molecule has 0 radical (unpaired) electrons. The molecule has 22 heavy (non-hydrogen) atoms. The van der Waals surface area contributed by atoms with E-state index in [1.807, 2.05) is 0 Å². The first-order valence-electron chi connectivity index (χ1n) is 9.84. The summed E-state index contributed by atoms with van der Waals surface area (Å²) in [6.07, 6.45) is 12.3. The quantitative estimate of drug-likeness (QED) is 0.759. The van der Waals surface area contributed by atoms with E-state index in [2.05, 4.69) is 17.1 Å². The fourth-order valence-electron chi connectivity index (χ4n) is 4.71. The van der Waals surface area contributed by atoms with Gasteiger partial charge in [-0.15, -0.1) is 0 Å². The van der Waals surface area contributed by atoms with E-state index in [1.165, 1.54) is 71.0 Å². The number of rotatable bonds is 7. The minimum atomic E-state index is 0.353. The third-order valence-electron chi connectivity index (χ3n) is 6.40. The van der Waals surface area contributed by atoms with Crippen LogP contribution < -0.4 is 5.32 Å². The lowest BCUT2D eigenvalue weighted by Gasteiger charge is -2.42. The van der Waals surface area contributed by atoms with E-state index in [0.717, 1.165) is 24.3 Å². The lowest BCUT2D eigenvalue weighted by Crippen LogP contribution is -2.53. The van der Waals surface area contributed by atoms with Crippen molar-refractivity contribution in [2.45, 2.75) is 76.8 Å². The lowest BCUT2D eigenvalue weighted by atomic mass is 9.87. The maximum atomic E-state index is 9.35. The molecular weight excluding hydrogens is 272 g/mol. The topological polar surface area (TPSA) is 35.5 Å². The van der Waals surface area contributed by atoms with Gasteiger partial charge in [0.1, 0.15) is 0 Å². The van der Waals surface area contributed by atoms with Gasteiger partial charge in [0.25, 0.3) is 0 Å². The number of piperidine rings is 1. The molecule has 3 fully saturated rings. The zero-order chi connectivity index (χ0) is 15.4. The van der Waals surface area contributed by atoms with Crippen LogP contribution in [-0.4, -0.2) is 48.3 Å². The van der Waals surface area contributed by atoms with E-state index in [-0.39, 0.29) is 0 Å². The maximum absolute atomic E-state index is 9.35. The molecule has 0 spiro atoms. The number of aliphatic hydroxyl groups is 1. The van der Waals surface area contributed by atoms with E-state index in [1.54, 1.807) is 0 Å². The second-order valence-corrected chi connectivity index (χ2v) is 8.26. The summed E-state index contributed by atoms with van der Waals surface area (Å²) >= 11 is 0. The van der Waals surface area contributed by atoms with Crippen LogP contribution in [0.2, 0.25) is 0 Å². The highest BCUT2D eigenvalue weighted by atomic mass is 16.3. The van der Waals surface area contributed by atoms with Gasteiger partial charge in [-0.3, -0.25) is 4.90 Å². The monoisotopic (exact) mass is 308 g/mol. The van der Waals surface area contributed by atoms with Crippen molar-refractivity contribution in [2.75, 3.05) is 26.2 Å². The highest BCUT2D eigenvalue weighted by Crippen LogP contribution is 2.37. The van der Waals surface area contributed by atoms with E-state index >= 15 is 0 Å². The van der Waals surface area contributed by atoms with Crippen LogP contribution in [-0.2, 0) is 0 Å². The molecule has 0 amide bonds. The van der Waals surface area contributed by atoms with Crippen molar-refractivity contribution in [3.05, 3.63) is 0 Å². The van der Waals surface area contributed by atoms with Crippen LogP contribution in [0.5, 0.6) is 0 Å². The second kappa shape index (κ2) is 8.12. The molecule has 3 rings (SSSR count). The number of hydrogen-bond donors (Lipinski definition) is 2. The SMILES string of the molecule is CC(C1CC1)N1CC(CCO)CC(NCC2CCCCC2)C1. The van der Waals surface area contributed by atoms with E-state index in [9.17, 15) is 5.11 Å². The third-order valence-corrected chi connectivity index (χ3v) is 6.40. The molecule has 128 valence electrons. The Hall–Kier alpha value is -0.120. The number of likely N-dealkylation sites (tertiary alicyclic amines) is 1. The van der Waals surface area contributed by atoms with E-state index in [4.69, 9.17) is 0 Å². The van der Waals surface area contributed by atoms with Crippen LogP contribution in [0.3, 0.4) is 0 Å². The fraction of sp³-hybridized carbons (Fsp3) is 1.00. The molecule has 2 saturated carbocycles. The molecule has 3 atom stereocenters. The number of nitrogens with one attached hydrogen (secondary N) is 1. The lowest BCUT2D eigenvalue weighted by molar-refractivity contribution is 0.0802. The molecule has 3 aliphatic rings. The first-order valence-corrected chi connectivity index (χ1v) is 9.84. The van der Waals surface area contributed by atoms with Gasteiger partial charge >= 0.3 is 0 Å². The largest absolute Gasteiger partial charge is 0.396 e. The van der Waals surface area contributed by atoms with Gasteiger partial charge in [0.15, 0.2) is 0 Å². The summed E-state index contributed by atoms with van der Waals surface area (Å²) in [6, 6.07) is 1.40. The molecule has 2 aliphatic carbocycles. The summed E-state index contributed by atoms with van der Waals surface area (Å²) in [4.78, 5) is 2.72. The van der Waals surface area contributed by atoms with E-state index < -0.39 is 0 Å². The van der Waals surface area contributed by atoms with E-state index in [0.29, 0.717) is 18.6 Å². The average Bonchev–Trinajstić information content (AvgIpc) is 3.38. The molecule has 0 bridgehead atoms. The van der Waals surface area contributed by atoms with Crippen molar-refractivity contribution in [1.29, 1.82) is 0 Å². The standard InChI is InChI=1S/C19H36N2O/c1-15(18-7-8-18)21-13-17(9-10-22)11-19(14-21)20-12-16-5-3-2-4-6-16/h15-20,22H,2-14H2,1H3. The summed E-state index contributed by atoms with van der Waals surface area (Å²) in [5.41, 5.74) is 0. The van der Waals surface area contributed by atoms with Crippen molar-refractivity contribution < 1.29 is 5.11 Å². The third kappa shape index (κ3) is 4.69. The molecule has 0 aromatic heterocycles. The second-order valence-electron chi connectivity index (χ2n) is 8.26. The first-order chi connectivity index (χ1) is 10.8. The van der Waals surface area contributed by atoms with Gasteiger partial charge < -0.3 is 10.4 Å². The highest BCUT2D eigenvalue weighted by molar-refractivity contribution is 4.91. The first kappa shape index (κ1) is 16.7. The maximum Gasteiger partial charge on any atom is 0.0434 e. The van der Waals surface area contributed by atoms with Crippen LogP contribution in [0.15, 0.2) is 0 Å². The Kier molecular flexibility index (Phi) is 6.17. The Labute approximate surface area is 136 Å². The smallest absolute Gasteiger partial charge is 0.0434 e. The fourth-order valence-corrected chi connectivity index (χ4v) is 4.71. The minimum Gasteiger partial charge on any atom is -0.396 e. The summed E-state index contributed by atoms with van der Waals surface area (Å²) in [5.74, 6) is 2.55. The molecule has 0 aromatic carbocycles. The number of hydrogen-bond acceptors (Lipinski definition) is 3. The molecular formula is C19H36N2O. The molecule has 0 aromatic rings. The van der Waals surface area contributed by atoms with Crippen LogP contribution in [0.25, 0.3) is 0 Å². The Bertz CT molecular complexity index is 325. The van der Waals surface area contributed by atoms with Gasteiger partial charge in [-0.25, -0.2) is 0 Å². The predicted molar refractivity (Wildman–Crippen MR) is 91.9 cm³/mol. The van der Waals surface area contributed by atoms with Gasteiger partial charge in [0.2, 0.25) is 0 Å². The molecule has 3 heteroatoms. The summed E-state index contributed by atoms with van der Waals surface area (Å²) in [6.45, 7) is 6.44. The normalized spacial score (nSPS) is 33.0. The summed E-state index contributed by atoms with van der Waals surface area (Å²) in [7, 11) is 0. The van der Waals surface area contributed by atoms with Crippen molar-refractivity contribution in [1.82, 2.24) is 10.2 Å². The van der Waals surface area contributed by atoms with Crippen molar-refractivity contribution >= 4 is 0 Å². The van der Waals surface area contributed by atoms with Gasteiger partial charge in [-0.1, -0.05) is 19.3 Å². The zero-order valence-electron chi connectivity index (χ0n) is 14.5. The van der Waals surface area contributed by atoms with Gasteiger partial charge in [0.05, 0.1) is 0 Å². The molecule has 3 nitrogen and oxygen atoms in total. The van der Waals surface area contributed by atoms with Gasteiger partial charge in [-0.2, -0.15) is 0 Å². The molecule has 2 N–H and O–H groups in total. The highest BCUT2D eigenvalue weighted by Gasteiger charge is 2.36. The molecule has 3 unspecified atom stereocenters. The van der Waals surface area contributed by atoms with Gasteiger partial charge in [-0.05, 0) is 69.7 Å². The molecule has 1 aliphatic heterocycles. The summed E-state index contributed by atoms with van der Waals surface area (Å²) in [5, 5.41) is 13.2. The van der Waals surface area contributed by atoms with Crippen molar-refractivity contribution in [3.8, 4) is 0 Å². The molecule has 1 saturated heterocycles. The number of nitrogens with zero attached hydrogens (tertiary/aromatic N) is 1. The Morgan fingerprint density at radius 1 is 1.05 bits per heavy atom. The number of aliphatic hydroxyl groups excluding tert-OH is 1. The zero-order valence-corrected chi connectivity index (χ0v) is 14.5. The predicted octanol–water partition coefficient (Wildman–Crippen LogP) is 3.03. The Balaban J connectivity index is 1.49. The van der Waals surface area contributed by atoms with Crippen LogP contribution in [0, 0.1) is 17.8 Å². The van der Waals surface area contributed by atoms with Gasteiger partial charge in [0, 0.05) is 31.8 Å².